The number of amides is 3. The van der Waals surface area contributed by atoms with Crippen LogP contribution in [0.2, 0.25) is 0 Å². The lowest BCUT2D eigenvalue weighted by atomic mass is 9.96. The minimum Gasteiger partial charge on any atom is -0.474 e. The van der Waals surface area contributed by atoms with Crippen LogP contribution < -0.4 is 20.3 Å². The van der Waals surface area contributed by atoms with Gasteiger partial charge in [0.1, 0.15) is 35.9 Å². The SMILES string of the molecule is COC1COCCC1OC(=O)Nc1cc2cc(-c3cnc4c(c3C)N(C(=O)O)CCO4)c(F)c(NC(=O)OC(C)(C)C)c2cn1. The minimum atomic E-state index is -1.21. The Morgan fingerprint density at radius 3 is 2.56 bits per heavy atom. The maximum absolute atomic E-state index is 16.4. The summed E-state index contributed by atoms with van der Waals surface area (Å²) in [6.07, 6.45) is -0.695. The number of carbonyl (C=O) groups is 3. The molecule has 0 radical (unpaired) electrons. The second kappa shape index (κ2) is 12.7. The van der Waals surface area contributed by atoms with Gasteiger partial charge in [-0.3, -0.25) is 15.5 Å². The summed E-state index contributed by atoms with van der Waals surface area (Å²) in [5.74, 6) is -0.628. The first-order valence-electron chi connectivity index (χ1n) is 14.2. The summed E-state index contributed by atoms with van der Waals surface area (Å²) in [5, 5.41) is 15.5. The molecule has 2 atom stereocenters. The number of rotatable bonds is 5. The lowest BCUT2D eigenvalue weighted by molar-refractivity contribution is -0.103. The normalized spacial score (nSPS) is 18.0. The van der Waals surface area contributed by atoms with Crippen LogP contribution in [0.15, 0.2) is 24.5 Å². The highest BCUT2D eigenvalue weighted by molar-refractivity contribution is 6.04. The monoisotopic (exact) mass is 627 g/mol. The van der Waals surface area contributed by atoms with Crippen molar-refractivity contribution in [3.63, 3.8) is 0 Å². The molecule has 45 heavy (non-hydrogen) atoms. The second-order valence-corrected chi connectivity index (χ2v) is 11.5. The van der Waals surface area contributed by atoms with Crippen molar-refractivity contribution < 1.29 is 47.6 Å². The smallest absolute Gasteiger partial charge is 0.413 e. The average molecular weight is 628 g/mol. The molecule has 2 aliphatic rings. The van der Waals surface area contributed by atoms with Gasteiger partial charge >= 0.3 is 18.3 Å². The van der Waals surface area contributed by atoms with Crippen molar-refractivity contribution in [1.29, 1.82) is 0 Å². The fourth-order valence-electron chi connectivity index (χ4n) is 5.18. The quantitative estimate of drug-likeness (QED) is 0.334. The molecule has 3 N–H and O–H groups in total. The Hall–Kier alpha value is -4.76. The molecule has 3 amide bonds. The Balaban J connectivity index is 1.57. The molecule has 2 aliphatic heterocycles. The van der Waals surface area contributed by atoms with Crippen LogP contribution in [-0.2, 0) is 18.9 Å². The van der Waals surface area contributed by atoms with Gasteiger partial charge < -0.3 is 28.8 Å². The van der Waals surface area contributed by atoms with Crippen LogP contribution in [0.5, 0.6) is 5.88 Å². The van der Waals surface area contributed by atoms with Crippen LogP contribution >= 0.6 is 0 Å². The number of methoxy groups -OCH3 is 1. The van der Waals surface area contributed by atoms with E-state index in [1.54, 1.807) is 27.7 Å². The number of nitrogens with one attached hydrogen (secondary N) is 2. The lowest BCUT2D eigenvalue weighted by Gasteiger charge is -2.29. The number of pyridine rings is 2. The van der Waals surface area contributed by atoms with Crippen LogP contribution in [0.3, 0.4) is 0 Å². The van der Waals surface area contributed by atoms with Gasteiger partial charge in [0.25, 0.3) is 0 Å². The Morgan fingerprint density at radius 1 is 1.07 bits per heavy atom. The molecule has 14 nitrogen and oxygen atoms in total. The van der Waals surface area contributed by atoms with Gasteiger partial charge in [0.05, 0.1) is 25.4 Å². The summed E-state index contributed by atoms with van der Waals surface area (Å²) in [6.45, 7) is 7.53. The van der Waals surface area contributed by atoms with Crippen molar-refractivity contribution in [2.45, 2.75) is 51.9 Å². The molecule has 4 heterocycles. The van der Waals surface area contributed by atoms with Gasteiger partial charge in [-0.15, -0.1) is 0 Å². The topological polar surface area (TPSA) is 171 Å². The standard InChI is InChI=1S/C30H34FN5O9/c1-15-18(12-33-26-25(15)36(29(39)40)7-9-43-26)17-10-16-11-22(34-27(37)44-20-6-8-42-14-21(20)41-5)32-13-19(16)24(23(17)31)35-28(38)45-30(2,3)4/h10-13,20-21H,6-9,14H2,1-5H3,(H,35,38)(H,39,40)(H,32,34,37). The predicted molar refractivity (Wildman–Crippen MR) is 161 cm³/mol. The number of fused-ring (bicyclic) bond motifs is 2. The Bertz CT molecular complexity index is 1640. The van der Waals surface area contributed by atoms with Crippen molar-refractivity contribution in [2.75, 3.05) is 49.0 Å². The van der Waals surface area contributed by atoms with E-state index in [-0.39, 0.29) is 59.3 Å². The van der Waals surface area contributed by atoms with Gasteiger partial charge in [0.15, 0.2) is 5.82 Å². The molecule has 15 heteroatoms. The van der Waals surface area contributed by atoms with Crippen LogP contribution in [0.4, 0.5) is 36.0 Å². The van der Waals surface area contributed by atoms with E-state index < -0.39 is 41.9 Å². The van der Waals surface area contributed by atoms with E-state index in [4.69, 9.17) is 23.7 Å². The molecule has 240 valence electrons. The number of hydrogen-bond donors (Lipinski definition) is 3. The van der Waals surface area contributed by atoms with Gasteiger partial charge in [-0.1, -0.05) is 0 Å². The largest absolute Gasteiger partial charge is 0.474 e. The molecule has 0 bridgehead atoms. The van der Waals surface area contributed by atoms with E-state index in [9.17, 15) is 19.5 Å². The first-order chi connectivity index (χ1) is 21.4. The Morgan fingerprint density at radius 2 is 1.84 bits per heavy atom. The molecule has 1 aromatic carbocycles. The molecule has 2 unspecified atom stereocenters. The van der Waals surface area contributed by atoms with Gasteiger partial charge in [-0.2, -0.15) is 0 Å². The molecule has 0 spiro atoms. The summed E-state index contributed by atoms with van der Waals surface area (Å²) < 4.78 is 43.6. The summed E-state index contributed by atoms with van der Waals surface area (Å²) in [7, 11) is 1.50. The fraction of sp³-hybridized carbons (Fsp3) is 0.433. The molecule has 0 saturated carbocycles. The number of ether oxygens (including phenoxy) is 5. The zero-order valence-electron chi connectivity index (χ0n) is 25.4. The number of carbonyl (C=O) groups excluding carboxylic acids is 2. The zero-order valence-corrected chi connectivity index (χ0v) is 25.4. The summed E-state index contributed by atoms with van der Waals surface area (Å²) in [4.78, 5) is 47.1. The van der Waals surface area contributed by atoms with Crippen molar-refractivity contribution in [1.82, 2.24) is 9.97 Å². The van der Waals surface area contributed by atoms with E-state index in [1.165, 1.54) is 31.6 Å². The summed E-state index contributed by atoms with van der Waals surface area (Å²) >= 11 is 0. The molecular weight excluding hydrogens is 593 g/mol. The summed E-state index contributed by atoms with van der Waals surface area (Å²) in [5.41, 5.74) is -0.254. The van der Waals surface area contributed by atoms with Gasteiger partial charge in [-0.25, -0.2) is 28.7 Å². The van der Waals surface area contributed by atoms with Crippen LogP contribution in [0.1, 0.15) is 32.8 Å². The number of benzene rings is 1. The molecular formula is C30H34FN5O9. The molecule has 2 aromatic heterocycles. The first kappa shape index (κ1) is 31.7. The van der Waals surface area contributed by atoms with Crippen LogP contribution in [0, 0.1) is 12.7 Å². The number of aromatic nitrogens is 2. The Labute approximate surface area is 257 Å². The van der Waals surface area contributed by atoms with Crippen molar-refractivity contribution in [3.05, 3.63) is 35.9 Å². The van der Waals surface area contributed by atoms with E-state index in [2.05, 4.69) is 20.6 Å². The second-order valence-electron chi connectivity index (χ2n) is 11.5. The number of halogens is 1. The molecule has 1 fully saturated rings. The molecule has 1 saturated heterocycles. The van der Waals surface area contributed by atoms with Crippen molar-refractivity contribution in [2.24, 2.45) is 0 Å². The highest BCUT2D eigenvalue weighted by atomic mass is 19.1. The average Bonchev–Trinajstić information content (AvgIpc) is 2.98. The third-order valence-electron chi connectivity index (χ3n) is 7.24. The number of carboxylic acid groups (broad SMARTS) is 1. The van der Waals surface area contributed by atoms with Crippen molar-refractivity contribution >= 4 is 46.2 Å². The Kier molecular flexibility index (Phi) is 8.93. The van der Waals surface area contributed by atoms with E-state index in [1.807, 2.05) is 0 Å². The first-order valence-corrected chi connectivity index (χ1v) is 14.2. The van der Waals surface area contributed by atoms with Gasteiger partial charge in [-0.05, 0) is 50.8 Å². The number of anilines is 3. The highest BCUT2D eigenvalue weighted by Gasteiger charge is 2.31. The van der Waals surface area contributed by atoms with E-state index in [0.717, 1.165) is 4.90 Å². The van der Waals surface area contributed by atoms with Gasteiger partial charge in [0.2, 0.25) is 5.88 Å². The van der Waals surface area contributed by atoms with E-state index >= 15 is 4.39 Å². The third-order valence-corrected chi connectivity index (χ3v) is 7.24. The van der Waals surface area contributed by atoms with Gasteiger partial charge in [0, 0.05) is 42.4 Å². The minimum absolute atomic E-state index is 0.00198. The predicted octanol–water partition coefficient (Wildman–Crippen LogP) is 5.32. The fourth-order valence-corrected chi connectivity index (χ4v) is 5.18. The molecule has 3 aromatic rings. The maximum atomic E-state index is 16.4. The van der Waals surface area contributed by atoms with E-state index in [0.29, 0.717) is 24.0 Å². The molecule has 0 aliphatic carbocycles. The third kappa shape index (κ3) is 6.83. The lowest BCUT2D eigenvalue weighted by Crippen LogP contribution is -2.42. The molecule has 5 rings (SSSR count). The van der Waals surface area contributed by atoms with Crippen molar-refractivity contribution in [3.8, 4) is 17.0 Å². The highest BCUT2D eigenvalue weighted by Crippen LogP contribution is 2.42. The zero-order chi connectivity index (χ0) is 32.5. The maximum Gasteiger partial charge on any atom is 0.413 e. The number of hydrogen-bond acceptors (Lipinski definition) is 10. The van der Waals surface area contributed by atoms with Crippen LogP contribution in [0.25, 0.3) is 21.9 Å². The van der Waals surface area contributed by atoms with Crippen LogP contribution in [-0.4, -0.2) is 84.6 Å². The summed E-state index contributed by atoms with van der Waals surface area (Å²) in [6, 6.07) is 2.99. The number of nitrogens with zero attached hydrogens (tertiary/aromatic N) is 3.